The maximum absolute atomic E-state index is 13.0. The number of oxazole rings is 1. The molecule has 1 saturated heterocycles. The molecule has 1 aliphatic heterocycles. The van der Waals surface area contributed by atoms with Gasteiger partial charge in [-0.3, -0.25) is 9.36 Å². The van der Waals surface area contributed by atoms with Crippen molar-refractivity contribution in [3.05, 3.63) is 28.7 Å². The predicted molar refractivity (Wildman–Crippen MR) is 105 cm³/mol. The number of hydrogen-bond acceptors (Lipinski definition) is 5. The molecule has 2 atom stereocenters. The summed E-state index contributed by atoms with van der Waals surface area (Å²) >= 11 is 0. The molecule has 9 heteroatoms. The van der Waals surface area contributed by atoms with E-state index in [1.54, 1.807) is 0 Å². The number of nitrogens with zero attached hydrogens (tertiary/aromatic N) is 2. The van der Waals surface area contributed by atoms with E-state index in [2.05, 4.69) is 5.32 Å². The van der Waals surface area contributed by atoms with Gasteiger partial charge in [-0.2, -0.15) is 4.31 Å². The van der Waals surface area contributed by atoms with Crippen molar-refractivity contribution in [2.75, 3.05) is 19.6 Å². The van der Waals surface area contributed by atoms with Gasteiger partial charge in [-0.25, -0.2) is 13.2 Å². The summed E-state index contributed by atoms with van der Waals surface area (Å²) in [4.78, 5) is 24.2. The van der Waals surface area contributed by atoms with E-state index in [0.29, 0.717) is 37.0 Å². The third-order valence-corrected chi connectivity index (χ3v) is 6.81. The first kappa shape index (κ1) is 20.6. The minimum absolute atomic E-state index is 0.0950. The lowest BCUT2D eigenvalue weighted by molar-refractivity contribution is -0.121. The van der Waals surface area contributed by atoms with Crippen molar-refractivity contribution >= 4 is 27.0 Å². The molecule has 2 aromatic rings. The lowest BCUT2D eigenvalue weighted by Gasteiger charge is -2.34. The van der Waals surface area contributed by atoms with E-state index in [1.807, 2.05) is 20.8 Å². The molecule has 1 fully saturated rings. The van der Waals surface area contributed by atoms with Crippen LogP contribution in [-0.2, 0) is 21.4 Å². The third-order valence-electron chi connectivity index (χ3n) is 4.99. The predicted octanol–water partition coefficient (Wildman–Crippen LogP) is 1.79. The van der Waals surface area contributed by atoms with Gasteiger partial charge in [-0.1, -0.05) is 20.8 Å². The minimum atomic E-state index is -3.68. The van der Waals surface area contributed by atoms with Crippen molar-refractivity contribution in [2.45, 2.75) is 45.1 Å². The molecule has 3 rings (SSSR count). The van der Waals surface area contributed by atoms with Crippen molar-refractivity contribution in [2.24, 2.45) is 11.8 Å². The quantitative estimate of drug-likeness (QED) is 0.784. The van der Waals surface area contributed by atoms with Crippen LogP contribution in [-0.4, -0.2) is 42.8 Å². The Morgan fingerprint density at radius 2 is 1.93 bits per heavy atom. The fraction of sp³-hybridized carbons (Fsp3) is 0.579. The van der Waals surface area contributed by atoms with Crippen molar-refractivity contribution in [1.29, 1.82) is 0 Å². The van der Waals surface area contributed by atoms with Crippen LogP contribution in [0.15, 0.2) is 32.3 Å². The molecular formula is C19H27N3O5S. The zero-order valence-corrected chi connectivity index (χ0v) is 17.3. The van der Waals surface area contributed by atoms with Crippen LogP contribution < -0.4 is 11.1 Å². The van der Waals surface area contributed by atoms with Gasteiger partial charge in [-0.05, 0) is 36.8 Å². The second-order valence-electron chi connectivity index (χ2n) is 7.70. The highest BCUT2D eigenvalue weighted by Gasteiger charge is 2.32. The highest BCUT2D eigenvalue weighted by molar-refractivity contribution is 7.89. The number of fused-ring (bicyclic) bond motifs is 1. The number of hydrogen-bond donors (Lipinski definition) is 1. The maximum Gasteiger partial charge on any atom is 0.420 e. The molecular weight excluding hydrogens is 382 g/mol. The first-order valence-corrected chi connectivity index (χ1v) is 11.1. The average Bonchev–Trinajstić information content (AvgIpc) is 2.93. The Morgan fingerprint density at radius 3 is 2.57 bits per heavy atom. The molecule has 154 valence electrons. The molecule has 0 saturated carbocycles. The van der Waals surface area contributed by atoms with E-state index < -0.39 is 15.8 Å². The summed E-state index contributed by atoms with van der Waals surface area (Å²) in [6.07, 6.45) is 1.80. The molecule has 28 heavy (non-hydrogen) atoms. The Hall–Kier alpha value is -2.13. The standard InChI is InChI=1S/C19H27N3O5S/c1-4-7-20-18(23)12-22-16-6-5-15(9-17(16)27-19(22)24)28(25,26)21-10-13(2)8-14(3)11-21/h5-6,9,13-14H,4,7-8,10-12H2,1-3H3,(H,20,23)/t13-,14+. The van der Waals surface area contributed by atoms with Crippen LogP contribution in [0, 0.1) is 11.8 Å². The zero-order chi connectivity index (χ0) is 20.5. The van der Waals surface area contributed by atoms with E-state index in [9.17, 15) is 18.0 Å². The average molecular weight is 410 g/mol. The van der Waals surface area contributed by atoms with Gasteiger partial charge in [-0.15, -0.1) is 0 Å². The van der Waals surface area contributed by atoms with E-state index in [1.165, 1.54) is 27.1 Å². The lowest BCUT2D eigenvalue weighted by atomic mass is 9.94. The van der Waals surface area contributed by atoms with E-state index in [0.717, 1.165) is 12.8 Å². The number of rotatable bonds is 6. The molecule has 0 unspecified atom stereocenters. The second-order valence-corrected chi connectivity index (χ2v) is 9.64. The highest BCUT2D eigenvalue weighted by atomic mass is 32.2. The van der Waals surface area contributed by atoms with Crippen LogP contribution in [0.2, 0.25) is 0 Å². The van der Waals surface area contributed by atoms with Gasteiger partial charge in [0.1, 0.15) is 6.54 Å². The minimum Gasteiger partial charge on any atom is -0.408 e. The molecule has 0 aliphatic carbocycles. The number of carbonyl (C=O) groups excluding carboxylic acids is 1. The Morgan fingerprint density at radius 1 is 1.25 bits per heavy atom. The topological polar surface area (TPSA) is 102 Å². The fourth-order valence-corrected chi connectivity index (χ4v) is 5.47. The summed E-state index contributed by atoms with van der Waals surface area (Å²) in [7, 11) is -3.68. The van der Waals surface area contributed by atoms with Gasteiger partial charge < -0.3 is 9.73 Å². The number of nitrogens with one attached hydrogen (secondary N) is 1. The van der Waals surface area contributed by atoms with Crippen molar-refractivity contribution < 1.29 is 17.6 Å². The normalized spacial score (nSPS) is 21.1. The van der Waals surface area contributed by atoms with E-state index >= 15 is 0 Å². The first-order valence-electron chi connectivity index (χ1n) is 9.62. The van der Waals surface area contributed by atoms with Crippen molar-refractivity contribution in [3.8, 4) is 0 Å². The molecule has 1 aliphatic rings. The smallest absolute Gasteiger partial charge is 0.408 e. The number of benzene rings is 1. The SMILES string of the molecule is CCCNC(=O)Cn1c(=O)oc2cc(S(=O)(=O)N3C[C@H](C)C[C@H](C)C3)ccc21. The fourth-order valence-electron chi connectivity index (χ4n) is 3.77. The monoisotopic (exact) mass is 409 g/mol. The zero-order valence-electron chi connectivity index (χ0n) is 16.5. The summed E-state index contributed by atoms with van der Waals surface area (Å²) < 4.78 is 34.0. The third kappa shape index (κ3) is 4.15. The summed E-state index contributed by atoms with van der Waals surface area (Å²) in [5.41, 5.74) is 0.559. The molecule has 2 heterocycles. The van der Waals surface area contributed by atoms with Crippen molar-refractivity contribution in [3.63, 3.8) is 0 Å². The molecule has 1 aromatic heterocycles. The van der Waals surface area contributed by atoms with E-state index in [4.69, 9.17) is 4.42 Å². The van der Waals surface area contributed by atoms with Gasteiger partial charge >= 0.3 is 5.76 Å². The maximum atomic E-state index is 13.0. The Bertz CT molecular complexity index is 1010. The van der Waals surface area contributed by atoms with Crippen LogP contribution in [0.5, 0.6) is 0 Å². The van der Waals surface area contributed by atoms with Crippen LogP contribution >= 0.6 is 0 Å². The van der Waals surface area contributed by atoms with Gasteiger partial charge in [0.15, 0.2) is 5.58 Å². The van der Waals surface area contributed by atoms with Gasteiger partial charge in [0, 0.05) is 25.7 Å². The summed E-state index contributed by atoms with van der Waals surface area (Å²) in [5, 5.41) is 2.71. The highest BCUT2D eigenvalue weighted by Crippen LogP contribution is 2.28. The van der Waals surface area contributed by atoms with Crippen LogP contribution in [0.25, 0.3) is 11.1 Å². The molecule has 1 amide bonds. The number of sulfonamides is 1. The first-order chi connectivity index (χ1) is 13.2. The molecule has 1 aromatic carbocycles. The van der Waals surface area contributed by atoms with Gasteiger partial charge in [0.2, 0.25) is 15.9 Å². The van der Waals surface area contributed by atoms with E-state index in [-0.39, 0.29) is 22.9 Å². The van der Waals surface area contributed by atoms with Gasteiger partial charge in [0.05, 0.1) is 10.4 Å². The Kier molecular flexibility index (Phi) is 5.95. The Labute approximate surface area is 164 Å². The number of amides is 1. The lowest BCUT2D eigenvalue weighted by Crippen LogP contribution is -2.42. The Balaban J connectivity index is 1.91. The van der Waals surface area contributed by atoms with Crippen LogP contribution in [0.1, 0.15) is 33.6 Å². The summed E-state index contributed by atoms with van der Waals surface area (Å²) in [6, 6.07) is 4.37. The van der Waals surface area contributed by atoms with Crippen molar-refractivity contribution in [1.82, 2.24) is 14.2 Å². The second kappa shape index (κ2) is 8.08. The molecule has 0 bridgehead atoms. The molecule has 1 N–H and O–H groups in total. The van der Waals surface area contributed by atoms with Crippen LogP contribution in [0.4, 0.5) is 0 Å². The number of carbonyl (C=O) groups is 1. The molecule has 0 spiro atoms. The number of piperidine rings is 1. The van der Waals surface area contributed by atoms with Gasteiger partial charge in [0.25, 0.3) is 0 Å². The summed E-state index contributed by atoms with van der Waals surface area (Å²) in [5.74, 6) is -0.387. The van der Waals surface area contributed by atoms with Crippen LogP contribution in [0.3, 0.4) is 0 Å². The molecule has 8 nitrogen and oxygen atoms in total. The largest absolute Gasteiger partial charge is 0.420 e. The summed E-state index contributed by atoms with van der Waals surface area (Å²) in [6.45, 7) is 7.35. The molecule has 0 radical (unpaired) electrons. The number of aromatic nitrogens is 1.